The normalized spacial score (nSPS) is 11.5. The number of aliphatic hydroxyl groups excluding tert-OH is 2. The van der Waals surface area contributed by atoms with E-state index in [0.29, 0.717) is 5.56 Å². The molecule has 1 aromatic rings. The molecule has 0 bridgehead atoms. The number of ketones is 1. The zero-order valence-electron chi connectivity index (χ0n) is 6.97. The molecule has 0 aliphatic rings. The van der Waals surface area contributed by atoms with E-state index in [0.717, 1.165) is 0 Å². The first-order chi connectivity index (χ1) is 5.75. The Morgan fingerprint density at radius 3 is 2.31 bits per heavy atom. The Kier molecular flexibility index (Phi) is 4.91. The van der Waals surface area contributed by atoms with E-state index in [-0.39, 0.29) is 5.48 Å². The van der Waals surface area contributed by atoms with Crippen molar-refractivity contribution in [3.8, 4) is 0 Å². The standard InChI is InChI=1S/C9H10O3.H2O/c10-6-8(11)9(12)7-4-2-1-3-5-7;/h1-5,8,10-11H,6H2;1H2. The molecule has 0 heterocycles. The van der Waals surface area contributed by atoms with Gasteiger partial charge in [-0.1, -0.05) is 30.3 Å². The third kappa shape index (κ3) is 2.95. The van der Waals surface area contributed by atoms with Crippen molar-refractivity contribution in [2.45, 2.75) is 6.10 Å². The lowest BCUT2D eigenvalue weighted by Gasteiger charge is -2.04. The van der Waals surface area contributed by atoms with Crippen LogP contribution in [-0.2, 0) is 0 Å². The van der Waals surface area contributed by atoms with Crippen LogP contribution in [0.2, 0.25) is 0 Å². The number of rotatable bonds is 3. The number of hydrogen-bond acceptors (Lipinski definition) is 3. The Balaban J connectivity index is 0.00000144. The Labute approximate surface area is 75.8 Å². The molecule has 1 atom stereocenters. The van der Waals surface area contributed by atoms with E-state index in [1.807, 2.05) is 0 Å². The van der Waals surface area contributed by atoms with E-state index in [9.17, 15) is 4.79 Å². The molecule has 1 unspecified atom stereocenters. The molecule has 0 saturated heterocycles. The first kappa shape index (κ1) is 11.8. The van der Waals surface area contributed by atoms with Crippen LogP contribution < -0.4 is 0 Å². The van der Waals surface area contributed by atoms with Gasteiger partial charge in [0, 0.05) is 5.56 Å². The molecule has 0 radical (unpaired) electrons. The zero-order chi connectivity index (χ0) is 8.97. The van der Waals surface area contributed by atoms with Gasteiger partial charge in [0.1, 0.15) is 6.10 Å². The van der Waals surface area contributed by atoms with Crippen LogP contribution in [0.15, 0.2) is 30.3 Å². The molecule has 0 saturated carbocycles. The van der Waals surface area contributed by atoms with E-state index in [2.05, 4.69) is 0 Å². The van der Waals surface area contributed by atoms with Crippen LogP contribution >= 0.6 is 0 Å². The lowest BCUT2D eigenvalue weighted by atomic mass is 10.1. The quantitative estimate of drug-likeness (QED) is 0.614. The SMILES string of the molecule is O.O=C(c1ccccc1)C(O)CO. The number of Topliss-reactive ketones (excluding diaryl/α,β-unsaturated/α-hetero) is 1. The fourth-order valence-corrected chi connectivity index (χ4v) is 0.878. The largest absolute Gasteiger partial charge is 0.412 e. The number of benzene rings is 1. The van der Waals surface area contributed by atoms with Crippen molar-refractivity contribution >= 4 is 5.78 Å². The summed E-state index contributed by atoms with van der Waals surface area (Å²) in [6.07, 6.45) is -1.30. The number of carbonyl (C=O) groups excluding carboxylic acids is 1. The van der Waals surface area contributed by atoms with Crippen LogP contribution in [0.4, 0.5) is 0 Å². The summed E-state index contributed by atoms with van der Waals surface area (Å²) in [5.74, 6) is -0.446. The molecule has 4 heteroatoms. The van der Waals surface area contributed by atoms with Gasteiger partial charge in [0.05, 0.1) is 6.61 Å². The highest BCUT2D eigenvalue weighted by molar-refractivity contribution is 5.99. The van der Waals surface area contributed by atoms with E-state index in [4.69, 9.17) is 10.2 Å². The van der Waals surface area contributed by atoms with Crippen LogP contribution in [0.1, 0.15) is 10.4 Å². The highest BCUT2D eigenvalue weighted by Gasteiger charge is 2.14. The Hall–Kier alpha value is -1.23. The maximum Gasteiger partial charge on any atom is 0.193 e. The van der Waals surface area contributed by atoms with Gasteiger partial charge in [0.25, 0.3) is 0 Å². The van der Waals surface area contributed by atoms with Crippen molar-refractivity contribution in [3.05, 3.63) is 35.9 Å². The average molecular weight is 184 g/mol. The minimum Gasteiger partial charge on any atom is -0.412 e. The van der Waals surface area contributed by atoms with E-state index < -0.39 is 18.5 Å². The summed E-state index contributed by atoms with van der Waals surface area (Å²) in [4.78, 5) is 11.2. The van der Waals surface area contributed by atoms with E-state index in [1.165, 1.54) is 0 Å². The van der Waals surface area contributed by atoms with Crippen molar-refractivity contribution < 1.29 is 20.5 Å². The number of hydrogen-bond donors (Lipinski definition) is 2. The van der Waals surface area contributed by atoms with Crippen molar-refractivity contribution in [1.82, 2.24) is 0 Å². The molecule has 0 aliphatic carbocycles. The summed E-state index contributed by atoms with van der Waals surface area (Å²) in [5, 5.41) is 17.5. The first-order valence-corrected chi connectivity index (χ1v) is 3.64. The third-order valence-electron chi connectivity index (χ3n) is 1.53. The molecular weight excluding hydrogens is 172 g/mol. The van der Waals surface area contributed by atoms with Gasteiger partial charge in [-0.25, -0.2) is 0 Å². The smallest absolute Gasteiger partial charge is 0.193 e. The minimum absolute atomic E-state index is 0. The number of aliphatic hydroxyl groups is 2. The second kappa shape index (κ2) is 5.42. The molecule has 0 aliphatic heterocycles. The van der Waals surface area contributed by atoms with Gasteiger partial charge in [-0.05, 0) is 0 Å². The average Bonchev–Trinajstić information content (AvgIpc) is 2.17. The summed E-state index contributed by atoms with van der Waals surface area (Å²) < 4.78 is 0. The Bertz CT molecular complexity index is 258. The lowest BCUT2D eigenvalue weighted by Crippen LogP contribution is -2.24. The summed E-state index contributed by atoms with van der Waals surface area (Å²) in [7, 11) is 0. The summed E-state index contributed by atoms with van der Waals surface area (Å²) in [5.41, 5.74) is 0.416. The van der Waals surface area contributed by atoms with Crippen molar-refractivity contribution in [2.75, 3.05) is 6.61 Å². The van der Waals surface area contributed by atoms with Crippen molar-refractivity contribution in [1.29, 1.82) is 0 Å². The predicted octanol–water partition coefficient (Wildman–Crippen LogP) is -0.602. The van der Waals surface area contributed by atoms with Crippen LogP contribution in [-0.4, -0.2) is 34.2 Å². The molecule has 0 amide bonds. The van der Waals surface area contributed by atoms with Gasteiger partial charge in [-0.2, -0.15) is 0 Å². The van der Waals surface area contributed by atoms with Gasteiger partial charge in [0.15, 0.2) is 5.78 Å². The van der Waals surface area contributed by atoms with Gasteiger partial charge < -0.3 is 15.7 Å². The summed E-state index contributed by atoms with van der Waals surface area (Å²) in [6.45, 7) is -0.534. The molecule has 0 aromatic heterocycles. The minimum atomic E-state index is -1.30. The van der Waals surface area contributed by atoms with Gasteiger partial charge in [0.2, 0.25) is 0 Å². The van der Waals surface area contributed by atoms with Crippen molar-refractivity contribution in [3.63, 3.8) is 0 Å². The molecular formula is C9H12O4. The third-order valence-corrected chi connectivity index (χ3v) is 1.53. The zero-order valence-corrected chi connectivity index (χ0v) is 6.97. The lowest BCUT2D eigenvalue weighted by molar-refractivity contribution is 0.0587. The van der Waals surface area contributed by atoms with Crippen LogP contribution in [0.25, 0.3) is 0 Å². The molecule has 4 nitrogen and oxygen atoms in total. The molecule has 0 spiro atoms. The van der Waals surface area contributed by atoms with Gasteiger partial charge in [-0.3, -0.25) is 4.79 Å². The molecule has 1 aromatic carbocycles. The van der Waals surface area contributed by atoms with Gasteiger partial charge in [-0.15, -0.1) is 0 Å². The fraction of sp³-hybridized carbons (Fsp3) is 0.222. The maximum atomic E-state index is 11.2. The molecule has 72 valence electrons. The van der Waals surface area contributed by atoms with E-state index >= 15 is 0 Å². The van der Waals surface area contributed by atoms with E-state index in [1.54, 1.807) is 30.3 Å². The highest BCUT2D eigenvalue weighted by atomic mass is 16.3. The second-order valence-corrected chi connectivity index (χ2v) is 2.43. The van der Waals surface area contributed by atoms with Gasteiger partial charge >= 0.3 is 0 Å². The first-order valence-electron chi connectivity index (χ1n) is 3.64. The molecule has 1 rings (SSSR count). The second-order valence-electron chi connectivity index (χ2n) is 2.43. The Morgan fingerprint density at radius 2 is 1.85 bits per heavy atom. The maximum absolute atomic E-state index is 11.2. The van der Waals surface area contributed by atoms with Crippen LogP contribution in [0.5, 0.6) is 0 Å². The van der Waals surface area contributed by atoms with Crippen LogP contribution in [0.3, 0.4) is 0 Å². The monoisotopic (exact) mass is 184 g/mol. The number of carbonyl (C=O) groups is 1. The van der Waals surface area contributed by atoms with Crippen LogP contribution in [0, 0.1) is 0 Å². The molecule has 13 heavy (non-hydrogen) atoms. The van der Waals surface area contributed by atoms with Crippen molar-refractivity contribution in [2.24, 2.45) is 0 Å². The summed E-state index contributed by atoms with van der Waals surface area (Å²) in [6, 6.07) is 8.39. The highest BCUT2D eigenvalue weighted by Crippen LogP contribution is 2.02. The Morgan fingerprint density at radius 1 is 1.31 bits per heavy atom. The summed E-state index contributed by atoms with van der Waals surface area (Å²) >= 11 is 0. The fourth-order valence-electron chi connectivity index (χ4n) is 0.878. The predicted molar refractivity (Wildman–Crippen MR) is 47.5 cm³/mol. The topological polar surface area (TPSA) is 89.0 Å². The molecule has 0 fully saturated rings. The molecule has 4 N–H and O–H groups in total.